The molecular formula is C13H10BrClF3NS. The van der Waals surface area contributed by atoms with E-state index >= 15 is 0 Å². The maximum Gasteiger partial charge on any atom is 0.416 e. The maximum atomic E-state index is 12.8. The zero-order valence-corrected chi connectivity index (χ0v) is 13.4. The molecule has 0 aliphatic carbocycles. The number of alkyl halides is 3. The molecule has 1 N–H and O–H groups in total. The van der Waals surface area contributed by atoms with Crippen LogP contribution in [0.2, 0.25) is 4.34 Å². The second-order valence-electron chi connectivity index (χ2n) is 4.12. The molecule has 7 heteroatoms. The lowest BCUT2D eigenvalue weighted by atomic mass is 10.0. The van der Waals surface area contributed by atoms with E-state index in [1.807, 2.05) is 6.07 Å². The summed E-state index contributed by atoms with van der Waals surface area (Å²) in [6, 6.07) is 6.78. The summed E-state index contributed by atoms with van der Waals surface area (Å²) in [5.41, 5.74) is -0.107. The third-order valence-electron chi connectivity index (χ3n) is 2.78. The van der Waals surface area contributed by atoms with Crippen LogP contribution in [0.25, 0.3) is 0 Å². The van der Waals surface area contributed by atoms with Crippen molar-refractivity contribution in [2.75, 3.05) is 7.05 Å². The first kappa shape index (κ1) is 15.8. The molecule has 0 aliphatic rings. The van der Waals surface area contributed by atoms with Crippen LogP contribution in [0.5, 0.6) is 0 Å². The lowest BCUT2D eigenvalue weighted by Crippen LogP contribution is -2.17. The van der Waals surface area contributed by atoms with Crippen LogP contribution in [0.4, 0.5) is 13.2 Å². The largest absolute Gasteiger partial charge is 0.416 e. The minimum atomic E-state index is -4.35. The molecular weight excluding hydrogens is 375 g/mol. The van der Waals surface area contributed by atoms with E-state index in [1.54, 1.807) is 13.1 Å². The first-order valence-electron chi connectivity index (χ1n) is 5.62. The second kappa shape index (κ2) is 6.05. The predicted octanol–water partition coefficient (Wildman–Crippen LogP) is 5.49. The van der Waals surface area contributed by atoms with Gasteiger partial charge in [0.05, 0.1) is 11.6 Å². The quantitative estimate of drug-likeness (QED) is 0.737. The molecule has 1 nitrogen and oxygen atoms in total. The number of hydrogen-bond acceptors (Lipinski definition) is 2. The zero-order chi connectivity index (χ0) is 14.9. The third-order valence-corrected chi connectivity index (χ3v) is 5.32. The highest BCUT2D eigenvalue weighted by Gasteiger charge is 2.31. The topological polar surface area (TPSA) is 12.0 Å². The van der Waals surface area contributed by atoms with Gasteiger partial charge in [0.2, 0.25) is 0 Å². The molecule has 108 valence electrons. The fourth-order valence-corrected chi connectivity index (χ4v) is 3.75. The van der Waals surface area contributed by atoms with Crippen molar-refractivity contribution in [2.45, 2.75) is 12.2 Å². The van der Waals surface area contributed by atoms with Crippen LogP contribution in [0.3, 0.4) is 0 Å². The molecule has 1 aromatic heterocycles. The van der Waals surface area contributed by atoms with Gasteiger partial charge in [0.15, 0.2) is 0 Å². The van der Waals surface area contributed by atoms with Gasteiger partial charge in [0.25, 0.3) is 0 Å². The fraction of sp³-hybridized carbons (Fsp3) is 0.231. The smallest absolute Gasteiger partial charge is 0.309 e. The van der Waals surface area contributed by atoms with Gasteiger partial charge >= 0.3 is 6.18 Å². The molecule has 0 bridgehead atoms. The summed E-state index contributed by atoms with van der Waals surface area (Å²) in [5, 5.41) is 3.02. The number of hydrogen-bond donors (Lipinski definition) is 1. The Balaban J connectivity index is 2.42. The van der Waals surface area contributed by atoms with Crippen molar-refractivity contribution in [3.8, 4) is 0 Å². The molecule has 0 spiro atoms. The minimum Gasteiger partial charge on any atom is -0.309 e. The van der Waals surface area contributed by atoms with Crippen LogP contribution in [-0.4, -0.2) is 7.05 Å². The van der Waals surface area contributed by atoms with Crippen molar-refractivity contribution in [2.24, 2.45) is 0 Å². The fourth-order valence-electron chi connectivity index (χ4n) is 1.87. The van der Waals surface area contributed by atoms with Gasteiger partial charge in [-0.2, -0.15) is 13.2 Å². The van der Waals surface area contributed by atoms with Gasteiger partial charge in [-0.25, -0.2) is 0 Å². The molecule has 0 saturated carbocycles. The van der Waals surface area contributed by atoms with Gasteiger partial charge in [-0.15, -0.1) is 11.3 Å². The summed E-state index contributed by atoms with van der Waals surface area (Å²) in [4.78, 5) is 0.851. The molecule has 0 radical (unpaired) electrons. The van der Waals surface area contributed by atoms with E-state index in [1.165, 1.54) is 17.4 Å². The minimum absolute atomic E-state index is 0.328. The van der Waals surface area contributed by atoms with Crippen molar-refractivity contribution in [1.29, 1.82) is 0 Å². The summed E-state index contributed by atoms with van der Waals surface area (Å²) in [6.45, 7) is 0. The lowest BCUT2D eigenvalue weighted by Gasteiger charge is -2.16. The van der Waals surface area contributed by atoms with Crippen molar-refractivity contribution < 1.29 is 13.2 Å². The Bertz CT molecular complexity index is 592. The number of benzene rings is 1. The van der Waals surface area contributed by atoms with E-state index in [-0.39, 0.29) is 6.04 Å². The highest BCUT2D eigenvalue weighted by molar-refractivity contribution is 9.10. The molecule has 2 aromatic rings. The van der Waals surface area contributed by atoms with E-state index in [0.717, 1.165) is 21.5 Å². The number of halogens is 5. The van der Waals surface area contributed by atoms with Crippen LogP contribution in [0, 0.1) is 0 Å². The van der Waals surface area contributed by atoms with Gasteiger partial charge < -0.3 is 5.32 Å². The number of rotatable bonds is 3. The Morgan fingerprint density at radius 3 is 2.50 bits per heavy atom. The van der Waals surface area contributed by atoms with Crippen LogP contribution >= 0.6 is 38.9 Å². The Morgan fingerprint density at radius 1 is 1.30 bits per heavy atom. The standard InChI is InChI=1S/C13H10BrClF3NS/c1-19-11(10-6-9(14)12(15)20-10)7-3-2-4-8(5-7)13(16,17)18/h2-6,11,19H,1H3. The molecule has 2 rings (SSSR count). The Kier molecular flexibility index (Phi) is 4.79. The monoisotopic (exact) mass is 383 g/mol. The van der Waals surface area contributed by atoms with Crippen LogP contribution in [-0.2, 0) is 6.18 Å². The molecule has 0 saturated heterocycles. The van der Waals surface area contributed by atoms with E-state index in [0.29, 0.717) is 9.90 Å². The van der Waals surface area contributed by atoms with E-state index in [9.17, 15) is 13.2 Å². The highest BCUT2D eigenvalue weighted by Crippen LogP contribution is 2.38. The molecule has 1 heterocycles. The summed E-state index contributed by atoms with van der Waals surface area (Å²) in [5.74, 6) is 0. The molecule has 0 amide bonds. The van der Waals surface area contributed by atoms with Gasteiger partial charge in [-0.1, -0.05) is 23.7 Å². The van der Waals surface area contributed by atoms with Crippen molar-refractivity contribution >= 4 is 38.9 Å². The Morgan fingerprint density at radius 2 is 2.00 bits per heavy atom. The van der Waals surface area contributed by atoms with Gasteiger partial charge in [-0.05, 0) is 46.7 Å². The molecule has 1 unspecified atom stereocenters. The van der Waals surface area contributed by atoms with Crippen LogP contribution in [0.15, 0.2) is 34.8 Å². The molecule has 0 aliphatic heterocycles. The van der Waals surface area contributed by atoms with Gasteiger partial charge in [0, 0.05) is 9.35 Å². The first-order chi connectivity index (χ1) is 9.32. The zero-order valence-electron chi connectivity index (χ0n) is 10.3. The van der Waals surface area contributed by atoms with E-state index in [4.69, 9.17) is 11.6 Å². The first-order valence-corrected chi connectivity index (χ1v) is 7.61. The van der Waals surface area contributed by atoms with Crippen LogP contribution < -0.4 is 5.32 Å². The van der Waals surface area contributed by atoms with Gasteiger partial charge in [-0.3, -0.25) is 0 Å². The third kappa shape index (κ3) is 3.36. The summed E-state index contributed by atoms with van der Waals surface area (Å²) >= 11 is 10.6. The lowest BCUT2D eigenvalue weighted by molar-refractivity contribution is -0.137. The summed E-state index contributed by atoms with van der Waals surface area (Å²) in [7, 11) is 1.70. The normalized spacial score (nSPS) is 13.5. The van der Waals surface area contributed by atoms with E-state index < -0.39 is 11.7 Å². The number of nitrogens with one attached hydrogen (secondary N) is 1. The van der Waals surface area contributed by atoms with Crippen LogP contribution in [0.1, 0.15) is 22.0 Å². The average Bonchev–Trinajstić information content (AvgIpc) is 2.69. The molecule has 1 atom stereocenters. The highest BCUT2D eigenvalue weighted by atomic mass is 79.9. The SMILES string of the molecule is CNC(c1cccc(C(F)(F)F)c1)c1cc(Br)c(Cl)s1. The predicted molar refractivity (Wildman–Crippen MR) is 79.4 cm³/mol. The summed E-state index contributed by atoms with van der Waals surface area (Å²) in [6.07, 6.45) is -4.35. The second-order valence-corrected chi connectivity index (χ2v) is 6.66. The summed E-state index contributed by atoms with van der Waals surface area (Å²) < 4.78 is 39.6. The Labute approximate surface area is 131 Å². The average molecular weight is 385 g/mol. The van der Waals surface area contributed by atoms with E-state index in [2.05, 4.69) is 21.2 Å². The van der Waals surface area contributed by atoms with Gasteiger partial charge in [0.1, 0.15) is 4.34 Å². The van der Waals surface area contributed by atoms with Crippen molar-refractivity contribution in [1.82, 2.24) is 5.32 Å². The maximum absolute atomic E-state index is 12.8. The molecule has 0 fully saturated rings. The van der Waals surface area contributed by atoms with Crippen molar-refractivity contribution in [3.05, 3.63) is 55.1 Å². The number of thiophene rings is 1. The molecule has 1 aromatic carbocycles. The van der Waals surface area contributed by atoms with Crippen molar-refractivity contribution in [3.63, 3.8) is 0 Å². The Hall–Kier alpha value is -0.560. The molecule has 20 heavy (non-hydrogen) atoms.